The van der Waals surface area contributed by atoms with E-state index in [0.29, 0.717) is 0 Å². The molecule has 1 nitrogen and oxygen atoms in total. The third-order valence-corrected chi connectivity index (χ3v) is 6.44. The average Bonchev–Trinajstić information content (AvgIpc) is 3.10. The summed E-state index contributed by atoms with van der Waals surface area (Å²) < 4.78 is 0. The highest BCUT2D eigenvalue weighted by molar-refractivity contribution is 6.34. The predicted molar refractivity (Wildman–Crippen MR) is 123 cm³/mol. The number of rotatable bonds is 1. The van der Waals surface area contributed by atoms with Gasteiger partial charge < -0.3 is 0 Å². The molecule has 134 valence electrons. The Morgan fingerprint density at radius 3 is 2.21 bits per heavy atom. The topological polar surface area (TPSA) is 12.9 Å². The molecule has 0 atom stereocenters. The van der Waals surface area contributed by atoms with Crippen LogP contribution in [0.3, 0.4) is 0 Å². The number of hydrogen-bond acceptors (Lipinski definition) is 1. The summed E-state index contributed by atoms with van der Waals surface area (Å²) in [6.45, 7) is 2.05. The molecule has 0 amide bonds. The van der Waals surface area contributed by atoms with Gasteiger partial charge in [-0.3, -0.25) is 4.98 Å². The third-order valence-electron chi connectivity index (χ3n) is 6.44. The van der Waals surface area contributed by atoms with E-state index in [0.717, 1.165) is 11.2 Å². The molecule has 1 aliphatic rings. The van der Waals surface area contributed by atoms with Crippen molar-refractivity contribution in [3.05, 3.63) is 90.6 Å². The van der Waals surface area contributed by atoms with Crippen molar-refractivity contribution < 1.29 is 0 Å². The lowest BCUT2D eigenvalue weighted by atomic mass is 9.93. The van der Waals surface area contributed by atoms with E-state index in [1.807, 2.05) is 6.92 Å². The van der Waals surface area contributed by atoms with Gasteiger partial charge in [0.1, 0.15) is 0 Å². The van der Waals surface area contributed by atoms with E-state index in [1.165, 1.54) is 60.0 Å². The van der Waals surface area contributed by atoms with Crippen LogP contribution in [0.5, 0.6) is 0 Å². The summed E-state index contributed by atoms with van der Waals surface area (Å²) >= 11 is 0. The maximum Gasteiger partial charge on any atom is 0.0711 e. The van der Waals surface area contributed by atoms with Crippen LogP contribution in [0.1, 0.15) is 5.69 Å². The van der Waals surface area contributed by atoms with Crippen molar-refractivity contribution in [1.82, 2.24) is 4.98 Å². The lowest BCUT2D eigenvalue weighted by Crippen LogP contribution is -1.87. The molecule has 0 saturated heterocycles. The van der Waals surface area contributed by atoms with E-state index in [4.69, 9.17) is 4.98 Å². The highest BCUT2D eigenvalue weighted by Gasteiger charge is 2.21. The van der Waals surface area contributed by atoms with Crippen molar-refractivity contribution in [1.29, 1.82) is 0 Å². The van der Waals surface area contributed by atoms with Gasteiger partial charge in [-0.15, -0.1) is 0 Å². The molecule has 29 heavy (non-hydrogen) atoms. The summed E-state index contributed by atoms with van der Waals surface area (Å²) in [6.07, 6.45) is 0. The second-order valence-corrected chi connectivity index (χ2v) is 8.08. The van der Waals surface area contributed by atoms with Crippen LogP contribution in [-0.2, 0) is 0 Å². The zero-order chi connectivity index (χ0) is 19.1. The molecule has 0 aliphatic heterocycles. The van der Waals surface area contributed by atoms with Crippen LogP contribution < -0.4 is 0 Å². The van der Waals surface area contributed by atoms with E-state index in [-0.39, 0.29) is 0 Å². The van der Waals surface area contributed by atoms with Crippen molar-refractivity contribution >= 4 is 43.2 Å². The van der Waals surface area contributed by atoms with E-state index < -0.39 is 0 Å². The Morgan fingerprint density at radius 1 is 0.552 bits per heavy atom. The van der Waals surface area contributed by atoms with Crippen LogP contribution in [0.15, 0.2) is 84.9 Å². The number of fused-ring (bicyclic) bond motifs is 2. The fourth-order valence-electron chi connectivity index (χ4n) is 5.13. The zero-order valence-corrected chi connectivity index (χ0v) is 16.0. The number of nitrogens with zero attached hydrogens (tertiary/aromatic N) is 1. The molecular formula is C28H17N. The zero-order valence-electron chi connectivity index (χ0n) is 16.0. The Balaban J connectivity index is 1.61. The molecule has 0 fully saturated rings. The fourth-order valence-corrected chi connectivity index (χ4v) is 5.13. The summed E-state index contributed by atoms with van der Waals surface area (Å²) in [5.41, 5.74) is 7.33. The van der Waals surface area contributed by atoms with Crippen molar-refractivity contribution in [3.8, 4) is 22.3 Å². The molecule has 0 N–H and O–H groups in total. The molecule has 7 rings (SSSR count). The first-order chi connectivity index (χ1) is 14.3. The van der Waals surface area contributed by atoms with Crippen molar-refractivity contribution in [2.75, 3.05) is 0 Å². The van der Waals surface area contributed by atoms with Gasteiger partial charge in [-0.1, -0.05) is 72.8 Å². The molecule has 1 aliphatic carbocycles. The van der Waals surface area contributed by atoms with Gasteiger partial charge in [-0.25, -0.2) is 0 Å². The molecule has 0 unspecified atom stereocenters. The number of pyridine rings is 1. The summed E-state index contributed by atoms with van der Waals surface area (Å²) in [5, 5.41) is 9.36. The van der Waals surface area contributed by atoms with Gasteiger partial charge in [0.2, 0.25) is 0 Å². The molecule has 1 aromatic heterocycles. The third kappa shape index (κ3) is 1.92. The standard InChI is InChI=1S/C28H17N/c1-16-5-6-17-7-10-20(15-25(17)29-16)21-13-14-24-22-4-2-3-18-8-9-19-11-12-23(21)28(24)27(19)26(18)22/h2-15H,1H3. The predicted octanol–water partition coefficient (Wildman–Crippen LogP) is 7.65. The summed E-state index contributed by atoms with van der Waals surface area (Å²) in [6, 6.07) is 31.2. The van der Waals surface area contributed by atoms with E-state index >= 15 is 0 Å². The Bertz CT molecular complexity index is 1660. The van der Waals surface area contributed by atoms with Gasteiger partial charge in [-0.05, 0) is 73.6 Å². The normalized spacial score (nSPS) is 12.3. The van der Waals surface area contributed by atoms with Gasteiger partial charge in [0, 0.05) is 11.1 Å². The van der Waals surface area contributed by atoms with Crippen molar-refractivity contribution in [2.24, 2.45) is 0 Å². The summed E-state index contributed by atoms with van der Waals surface area (Å²) in [5.74, 6) is 0. The van der Waals surface area contributed by atoms with E-state index in [1.54, 1.807) is 0 Å². The smallest absolute Gasteiger partial charge is 0.0711 e. The lowest BCUT2D eigenvalue weighted by Gasteiger charge is -2.11. The fraction of sp³-hybridized carbons (Fsp3) is 0.0357. The minimum Gasteiger partial charge on any atom is -0.253 e. The molecule has 5 aromatic carbocycles. The Kier molecular flexibility index (Phi) is 2.74. The molecule has 0 saturated carbocycles. The highest BCUT2D eigenvalue weighted by atomic mass is 14.7. The first-order valence-corrected chi connectivity index (χ1v) is 10.1. The molecule has 0 radical (unpaired) electrons. The molecule has 6 aromatic rings. The molecule has 1 heteroatoms. The van der Waals surface area contributed by atoms with Crippen LogP contribution in [0.2, 0.25) is 0 Å². The van der Waals surface area contributed by atoms with Crippen molar-refractivity contribution in [2.45, 2.75) is 6.92 Å². The Morgan fingerprint density at radius 2 is 1.28 bits per heavy atom. The van der Waals surface area contributed by atoms with Crippen LogP contribution in [0.25, 0.3) is 65.5 Å². The Labute approximate surface area is 168 Å². The SMILES string of the molecule is Cc1ccc2ccc(-c3ccc4c5c3ccc3ccc6cccc-4c6c35)cc2n1. The van der Waals surface area contributed by atoms with Crippen LogP contribution in [-0.4, -0.2) is 4.98 Å². The second kappa shape index (κ2) is 5.21. The highest BCUT2D eigenvalue weighted by Crippen LogP contribution is 2.49. The molecule has 1 heterocycles. The van der Waals surface area contributed by atoms with Gasteiger partial charge in [0.15, 0.2) is 0 Å². The maximum atomic E-state index is 4.75. The van der Waals surface area contributed by atoms with Crippen LogP contribution in [0, 0.1) is 6.92 Å². The number of aromatic nitrogens is 1. The van der Waals surface area contributed by atoms with Gasteiger partial charge in [0.25, 0.3) is 0 Å². The molecule has 0 spiro atoms. The largest absolute Gasteiger partial charge is 0.253 e. The minimum absolute atomic E-state index is 1.05. The van der Waals surface area contributed by atoms with Gasteiger partial charge >= 0.3 is 0 Å². The lowest BCUT2D eigenvalue weighted by molar-refractivity contribution is 1.26. The quantitative estimate of drug-likeness (QED) is 0.272. The minimum atomic E-state index is 1.05. The molecular weight excluding hydrogens is 350 g/mol. The number of benzene rings is 5. The van der Waals surface area contributed by atoms with Gasteiger partial charge in [-0.2, -0.15) is 0 Å². The van der Waals surface area contributed by atoms with Crippen LogP contribution in [0.4, 0.5) is 0 Å². The summed E-state index contributed by atoms with van der Waals surface area (Å²) in [7, 11) is 0. The van der Waals surface area contributed by atoms with Gasteiger partial charge in [0.05, 0.1) is 5.52 Å². The first kappa shape index (κ1) is 15.2. The monoisotopic (exact) mass is 367 g/mol. The number of hydrogen-bond donors (Lipinski definition) is 0. The van der Waals surface area contributed by atoms with Crippen LogP contribution >= 0.6 is 0 Å². The van der Waals surface area contributed by atoms with E-state index in [2.05, 4.69) is 84.9 Å². The van der Waals surface area contributed by atoms with E-state index in [9.17, 15) is 0 Å². The first-order valence-electron chi connectivity index (χ1n) is 10.1. The Hall–Kier alpha value is -3.71. The molecule has 0 bridgehead atoms. The number of aryl methyl sites for hydroxylation is 1. The second-order valence-electron chi connectivity index (χ2n) is 8.08. The maximum absolute atomic E-state index is 4.75. The average molecular weight is 367 g/mol. The van der Waals surface area contributed by atoms with Crippen molar-refractivity contribution in [3.63, 3.8) is 0 Å². The summed E-state index contributed by atoms with van der Waals surface area (Å²) in [4.78, 5) is 4.75.